The van der Waals surface area contributed by atoms with Gasteiger partial charge in [0, 0.05) is 17.6 Å². The quantitative estimate of drug-likeness (QED) is 0.0773. The molecule has 0 amide bonds. The van der Waals surface area contributed by atoms with Gasteiger partial charge in [-0.15, -0.1) is 0 Å². The van der Waals surface area contributed by atoms with Crippen LogP contribution in [0.3, 0.4) is 0 Å². The topological polar surface area (TPSA) is 133 Å². The Morgan fingerprint density at radius 1 is 0.848 bits per heavy atom. The van der Waals surface area contributed by atoms with Crippen LogP contribution in [0.1, 0.15) is 65.7 Å². The molecule has 0 saturated heterocycles. The summed E-state index contributed by atoms with van der Waals surface area (Å²) in [5, 5.41) is -1.04. The molecule has 11 heteroatoms. The zero-order valence-electron chi connectivity index (χ0n) is 19.3. The molecule has 186 valence electrons. The van der Waals surface area contributed by atoms with Gasteiger partial charge in [-0.25, -0.2) is 9.59 Å². The van der Waals surface area contributed by atoms with Crippen molar-refractivity contribution in [3.63, 3.8) is 0 Å². The first-order valence-electron chi connectivity index (χ1n) is 10.7. The Labute approximate surface area is 239 Å². The van der Waals surface area contributed by atoms with E-state index < -0.39 is 52.4 Å². The van der Waals surface area contributed by atoms with Crippen LogP contribution < -0.4 is 0 Å². The van der Waals surface area contributed by atoms with Crippen molar-refractivity contribution in [2.45, 2.75) is 71.0 Å². The molecular formula is C22H37KO9S. The number of rotatable bonds is 17. The van der Waals surface area contributed by atoms with Gasteiger partial charge in [0.15, 0.2) is 0 Å². The Morgan fingerprint density at radius 2 is 1.33 bits per heavy atom. The fraction of sp³-hybridized carbons (Fsp3) is 0.682. The van der Waals surface area contributed by atoms with Gasteiger partial charge in [0.1, 0.15) is 19.1 Å². The molecule has 0 aromatic heterocycles. The maximum absolute atomic E-state index is 12.4. The van der Waals surface area contributed by atoms with Crippen LogP contribution in [0, 0.1) is 5.92 Å². The van der Waals surface area contributed by atoms with E-state index in [4.69, 9.17) is 14.2 Å². The molecule has 1 atom stereocenters. The summed E-state index contributed by atoms with van der Waals surface area (Å²) in [6.07, 6.45) is 4.76. The molecule has 0 saturated carbocycles. The Bertz CT molecular complexity index is 732. The van der Waals surface area contributed by atoms with Gasteiger partial charge in [0.05, 0.1) is 11.9 Å². The van der Waals surface area contributed by atoms with E-state index in [1.54, 1.807) is 0 Å². The molecule has 0 rings (SSSR count). The standard InChI is InChI=1S/C22H36O9S.K.H/c1-6-7-8-9-10-11-19(32(26,27)28)12-13-29-22(25)18(14-30-20(23)16(2)3)15-31-21(24)17(4)5;;/h18-19H,2,4,6-15H2,1,3,5H3,(H,26,27,28);;. The minimum atomic E-state index is -4.29. The molecule has 1 unspecified atom stereocenters. The predicted molar refractivity (Wildman–Crippen MR) is 126 cm³/mol. The molecule has 0 radical (unpaired) electrons. The van der Waals surface area contributed by atoms with Gasteiger partial charge in [-0.1, -0.05) is 52.2 Å². The molecule has 0 aliphatic heterocycles. The van der Waals surface area contributed by atoms with Crippen LogP contribution in [0.5, 0.6) is 0 Å². The van der Waals surface area contributed by atoms with Crippen molar-refractivity contribution in [3.8, 4) is 0 Å². The van der Waals surface area contributed by atoms with Crippen molar-refractivity contribution in [1.82, 2.24) is 0 Å². The first kappa shape index (κ1) is 34.6. The van der Waals surface area contributed by atoms with E-state index in [2.05, 4.69) is 20.1 Å². The summed E-state index contributed by atoms with van der Waals surface area (Å²) in [5.74, 6) is -3.38. The molecule has 0 aliphatic rings. The summed E-state index contributed by atoms with van der Waals surface area (Å²) >= 11 is 0. The molecule has 33 heavy (non-hydrogen) atoms. The molecule has 0 aromatic rings. The SMILES string of the molecule is C=C(C)C(=O)OCC(COC(=O)C(=C)C)C(=O)OCCC(CCCCCCC)S(=O)(=O)O.[KH]. The maximum atomic E-state index is 12.4. The molecule has 0 bridgehead atoms. The Balaban J connectivity index is 0. The number of hydrogen-bond donors (Lipinski definition) is 1. The van der Waals surface area contributed by atoms with Gasteiger partial charge in [-0.2, -0.15) is 8.42 Å². The van der Waals surface area contributed by atoms with Crippen LogP contribution in [0.4, 0.5) is 0 Å². The van der Waals surface area contributed by atoms with Crippen molar-refractivity contribution in [1.29, 1.82) is 0 Å². The molecule has 0 aromatic carbocycles. The van der Waals surface area contributed by atoms with Crippen LogP contribution >= 0.6 is 0 Å². The number of carbonyl (C=O) groups is 3. The molecule has 0 heterocycles. The fourth-order valence-electron chi connectivity index (χ4n) is 2.61. The Morgan fingerprint density at radius 3 is 1.76 bits per heavy atom. The molecule has 1 N–H and O–H groups in total. The molecule has 0 spiro atoms. The summed E-state index contributed by atoms with van der Waals surface area (Å²) in [5.41, 5.74) is 0.261. The first-order chi connectivity index (χ1) is 14.9. The van der Waals surface area contributed by atoms with Crippen LogP contribution in [0.25, 0.3) is 0 Å². The molecule has 0 fully saturated rings. The van der Waals surface area contributed by atoms with Crippen LogP contribution in [-0.4, -0.2) is 107 Å². The van der Waals surface area contributed by atoms with Crippen LogP contribution in [0.15, 0.2) is 24.3 Å². The second-order valence-corrected chi connectivity index (χ2v) is 9.45. The van der Waals surface area contributed by atoms with E-state index in [1.165, 1.54) is 13.8 Å². The molecule has 9 nitrogen and oxygen atoms in total. The zero-order valence-corrected chi connectivity index (χ0v) is 20.1. The van der Waals surface area contributed by atoms with Gasteiger partial charge >= 0.3 is 69.3 Å². The van der Waals surface area contributed by atoms with Crippen molar-refractivity contribution >= 4 is 79.4 Å². The predicted octanol–water partition coefficient (Wildman–Crippen LogP) is 2.74. The first-order valence-corrected chi connectivity index (χ1v) is 12.2. The van der Waals surface area contributed by atoms with E-state index in [0.717, 1.165) is 25.7 Å². The third kappa shape index (κ3) is 16.7. The summed E-state index contributed by atoms with van der Waals surface area (Å²) in [7, 11) is -4.29. The van der Waals surface area contributed by atoms with Gasteiger partial charge in [-0.05, 0) is 20.3 Å². The van der Waals surface area contributed by atoms with E-state index in [0.29, 0.717) is 6.42 Å². The number of esters is 3. The van der Waals surface area contributed by atoms with Crippen molar-refractivity contribution in [2.75, 3.05) is 19.8 Å². The minimum absolute atomic E-state index is 0. The summed E-state index contributed by atoms with van der Waals surface area (Å²) in [6, 6.07) is 0. The number of ether oxygens (including phenoxy) is 3. The van der Waals surface area contributed by atoms with Crippen LogP contribution in [-0.2, 0) is 38.7 Å². The monoisotopic (exact) mass is 516 g/mol. The average molecular weight is 517 g/mol. The van der Waals surface area contributed by atoms with Gasteiger partial charge in [-0.3, -0.25) is 9.35 Å². The van der Waals surface area contributed by atoms with Crippen molar-refractivity contribution in [3.05, 3.63) is 24.3 Å². The van der Waals surface area contributed by atoms with E-state index in [9.17, 15) is 27.4 Å². The summed E-state index contributed by atoms with van der Waals surface area (Å²) < 4.78 is 47.7. The Kier molecular flexibility index (Phi) is 19.6. The second kappa shape index (κ2) is 18.7. The summed E-state index contributed by atoms with van der Waals surface area (Å²) in [4.78, 5) is 35.6. The van der Waals surface area contributed by atoms with Crippen molar-refractivity contribution in [2.24, 2.45) is 5.92 Å². The third-order valence-corrected chi connectivity index (χ3v) is 5.91. The van der Waals surface area contributed by atoms with Gasteiger partial charge < -0.3 is 14.2 Å². The summed E-state index contributed by atoms with van der Waals surface area (Å²) in [6.45, 7) is 10.7. The fourth-order valence-corrected chi connectivity index (χ4v) is 3.47. The number of unbranched alkanes of at least 4 members (excludes halogenated alkanes) is 4. The van der Waals surface area contributed by atoms with Gasteiger partial charge in [0.25, 0.3) is 10.1 Å². The zero-order chi connectivity index (χ0) is 24.7. The third-order valence-electron chi connectivity index (χ3n) is 4.60. The molecule has 0 aliphatic carbocycles. The second-order valence-electron chi connectivity index (χ2n) is 7.75. The van der Waals surface area contributed by atoms with Gasteiger partial charge in [0.2, 0.25) is 0 Å². The van der Waals surface area contributed by atoms with E-state index >= 15 is 0 Å². The van der Waals surface area contributed by atoms with E-state index in [-0.39, 0.29) is 82.0 Å². The van der Waals surface area contributed by atoms with Crippen LogP contribution in [0.2, 0.25) is 0 Å². The normalized spacial score (nSPS) is 11.8. The molecular weight excluding hydrogens is 479 g/mol. The van der Waals surface area contributed by atoms with E-state index in [1.807, 2.05) is 0 Å². The number of hydrogen-bond acceptors (Lipinski definition) is 8. The average Bonchev–Trinajstić information content (AvgIpc) is 2.70. The number of carbonyl (C=O) groups excluding carboxylic acids is 3. The van der Waals surface area contributed by atoms with Crippen molar-refractivity contribution < 1.29 is 41.6 Å². The Hall–Kier alpha value is -0.564.